The van der Waals surface area contributed by atoms with Crippen molar-refractivity contribution < 1.29 is 15.0 Å². The molecule has 0 spiro atoms. The summed E-state index contributed by atoms with van der Waals surface area (Å²) in [5.74, 6) is 1.39. The van der Waals surface area contributed by atoms with Gasteiger partial charge in [-0.3, -0.25) is 4.79 Å². The molecular weight excluding hydrogens is 338 g/mol. The first kappa shape index (κ1) is 22.2. The number of nitrogens with two attached hydrogens (primary N) is 1. The van der Waals surface area contributed by atoms with Crippen LogP contribution in [0, 0.1) is 23.7 Å². The molecule has 2 aliphatic rings. The molecule has 1 saturated carbocycles. The predicted octanol–water partition coefficient (Wildman–Crippen LogP) is 4.11. The van der Waals surface area contributed by atoms with E-state index < -0.39 is 6.10 Å². The molecule has 2 aliphatic carbocycles. The molecule has 6 atom stereocenters. The lowest BCUT2D eigenvalue weighted by atomic mass is 9.88. The third-order valence-electron chi connectivity index (χ3n) is 6.37. The fourth-order valence-electron chi connectivity index (χ4n) is 4.86. The van der Waals surface area contributed by atoms with Crippen LogP contribution in [-0.2, 0) is 4.79 Å². The SMILES string of the molecule is CCCC[C@H](C)C[C@H](O)C=C[C@@H]1[C@H]2CC(CCCCC(N)=O)=C[C@H]2C[C@H]1O. The summed E-state index contributed by atoms with van der Waals surface area (Å²) in [6.45, 7) is 4.40. The van der Waals surface area contributed by atoms with Gasteiger partial charge in [-0.15, -0.1) is 0 Å². The van der Waals surface area contributed by atoms with E-state index in [4.69, 9.17) is 5.73 Å². The number of hydrogen-bond acceptors (Lipinski definition) is 3. The summed E-state index contributed by atoms with van der Waals surface area (Å²) < 4.78 is 0. The lowest BCUT2D eigenvalue weighted by Crippen LogP contribution is -2.18. The summed E-state index contributed by atoms with van der Waals surface area (Å²) in [4.78, 5) is 10.8. The second-order valence-electron chi connectivity index (χ2n) is 8.85. The summed E-state index contributed by atoms with van der Waals surface area (Å²) in [6.07, 6.45) is 15.3. The molecule has 0 unspecified atom stereocenters. The molecule has 0 saturated heterocycles. The number of allylic oxidation sites excluding steroid dienone is 2. The maximum absolute atomic E-state index is 10.8. The standard InChI is InChI=1S/C23H39NO3/c1-3-4-7-16(2)12-19(25)10-11-20-21-14-17(8-5-6-9-23(24)27)13-18(21)15-22(20)26/h10-11,13,16,18-22,25-26H,3-9,12,14-15H2,1-2H3,(H2,24,27)/t16-,18-,19+,20+,21-,22+/m0/s1. The van der Waals surface area contributed by atoms with Crippen molar-refractivity contribution in [2.45, 2.75) is 90.3 Å². The van der Waals surface area contributed by atoms with E-state index >= 15 is 0 Å². The number of amides is 1. The lowest BCUT2D eigenvalue weighted by molar-refractivity contribution is -0.118. The molecule has 0 aliphatic heterocycles. The van der Waals surface area contributed by atoms with Crippen LogP contribution >= 0.6 is 0 Å². The zero-order valence-corrected chi connectivity index (χ0v) is 17.1. The summed E-state index contributed by atoms with van der Waals surface area (Å²) in [6, 6.07) is 0. The smallest absolute Gasteiger partial charge is 0.217 e. The topological polar surface area (TPSA) is 83.5 Å². The van der Waals surface area contributed by atoms with E-state index in [1.807, 2.05) is 6.08 Å². The van der Waals surface area contributed by atoms with E-state index in [1.165, 1.54) is 24.8 Å². The molecule has 154 valence electrons. The van der Waals surface area contributed by atoms with Crippen LogP contribution in [0.5, 0.6) is 0 Å². The van der Waals surface area contributed by atoms with Gasteiger partial charge in [-0.2, -0.15) is 0 Å². The van der Waals surface area contributed by atoms with Crippen molar-refractivity contribution in [2.24, 2.45) is 29.4 Å². The number of carbonyl (C=O) groups excluding carboxylic acids is 1. The number of hydrogen-bond donors (Lipinski definition) is 3. The Bertz CT molecular complexity index is 528. The van der Waals surface area contributed by atoms with Crippen LogP contribution < -0.4 is 5.73 Å². The van der Waals surface area contributed by atoms with Gasteiger partial charge in [-0.05, 0) is 56.3 Å². The minimum Gasteiger partial charge on any atom is -0.392 e. The van der Waals surface area contributed by atoms with Crippen molar-refractivity contribution in [2.75, 3.05) is 0 Å². The number of rotatable bonds is 12. The van der Waals surface area contributed by atoms with Crippen molar-refractivity contribution in [3.63, 3.8) is 0 Å². The minimum atomic E-state index is -0.411. The van der Waals surface area contributed by atoms with Gasteiger partial charge < -0.3 is 15.9 Å². The van der Waals surface area contributed by atoms with E-state index in [0.29, 0.717) is 24.2 Å². The first-order valence-corrected chi connectivity index (χ1v) is 10.9. The number of unbranched alkanes of at least 4 members (excludes halogenated alkanes) is 2. The number of aliphatic hydroxyl groups is 2. The number of carbonyl (C=O) groups is 1. The first-order valence-electron chi connectivity index (χ1n) is 10.9. The van der Waals surface area contributed by atoms with Crippen molar-refractivity contribution in [1.29, 1.82) is 0 Å². The molecule has 4 nitrogen and oxygen atoms in total. The van der Waals surface area contributed by atoms with Gasteiger partial charge in [0.05, 0.1) is 12.2 Å². The quantitative estimate of drug-likeness (QED) is 0.353. The van der Waals surface area contributed by atoms with E-state index in [2.05, 4.69) is 26.0 Å². The van der Waals surface area contributed by atoms with E-state index in [9.17, 15) is 15.0 Å². The highest BCUT2D eigenvalue weighted by atomic mass is 16.3. The molecule has 0 aromatic heterocycles. The number of aliphatic hydroxyl groups excluding tert-OH is 2. The largest absolute Gasteiger partial charge is 0.392 e. The molecule has 0 aromatic carbocycles. The van der Waals surface area contributed by atoms with Gasteiger partial charge in [0, 0.05) is 12.3 Å². The van der Waals surface area contributed by atoms with Crippen LogP contribution in [0.4, 0.5) is 0 Å². The van der Waals surface area contributed by atoms with Gasteiger partial charge in [0.15, 0.2) is 0 Å². The minimum absolute atomic E-state index is 0.148. The van der Waals surface area contributed by atoms with Gasteiger partial charge in [-0.25, -0.2) is 0 Å². The monoisotopic (exact) mass is 377 g/mol. The van der Waals surface area contributed by atoms with Crippen LogP contribution in [-0.4, -0.2) is 28.3 Å². The van der Waals surface area contributed by atoms with Crippen molar-refractivity contribution in [3.8, 4) is 0 Å². The number of primary amides is 1. The summed E-state index contributed by atoms with van der Waals surface area (Å²) in [5.41, 5.74) is 6.66. The van der Waals surface area contributed by atoms with Gasteiger partial charge >= 0.3 is 0 Å². The van der Waals surface area contributed by atoms with Crippen molar-refractivity contribution >= 4 is 5.91 Å². The van der Waals surface area contributed by atoms with Crippen LogP contribution in [0.1, 0.15) is 78.1 Å². The van der Waals surface area contributed by atoms with E-state index in [0.717, 1.165) is 38.5 Å². The van der Waals surface area contributed by atoms with Crippen LogP contribution in [0.25, 0.3) is 0 Å². The second-order valence-corrected chi connectivity index (χ2v) is 8.85. The highest BCUT2D eigenvalue weighted by Crippen LogP contribution is 2.48. The van der Waals surface area contributed by atoms with Crippen molar-refractivity contribution in [3.05, 3.63) is 23.8 Å². The average molecular weight is 378 g/mol. The Morgan fingerprint density at radius 1 is 1.37 bits per heavy atom. The predicted molar refractivity (Wildman–Crippen MR) is 110 cm³/mol. The van der Waals surface area contributed by atoms with Gasteiger partial charge in [0.1, 0.15) is 0 Å². The Morgan fingerprint density at radius 2 is 2.15 bits per heavy atom. The van der Waals surface area contributed by atoms with E-state index in [1.54, 1.807) is 0 Å². The number of fused-ring (bicyclic) bond motifs is 1. The Balaban J connectivity index is 1.79. The Labute approximate surface area is 164 Å². The Morgan fingerprint density at radius 3 is 2.85 bits per heavy atom. The molecule has 0 heterocycles. The molecule has 4 N–H and O–H groups in total. The summed E-state index contributed by atoms with van der Waals surface area (Å²) >= 11 is 0. The van der Waals surface area contributed by atoms with Gasteiger partial charge in [-0.1, -0.05) is 56.9 Å². The fourth-order valence-corrected chi connectivity index (χ4v) is 4.86. The Kier molecular flexibility index (Phi) is 9.04. The molecule has 0 aromatic rings. The summed E-state index contributed by atoms with van der Waals surface area (Å²) in [7, 11) is 0. The molecule has 27 heavy (non-hydrogen) atoms. The lowest BCUT2D eigenvalue weighted by Gasteiger charge is -2.19. The second kappa shape index (κ2) is 11.0. The highest BCUT2D eigenvalue weighted by Gasteiger charge is 2.43. The average Bonchev–Trinajstić information content (AvgIpc) is 3.11. The van der Waals surface area contributed by atoms with Crippen molar-refractivity contribution in [1.82, 2.24) is 0 Å². The molecule has 4 heteroatoms. The fraction of sp³-hybridized carbons (Fsp3) is 0.783. The van der Waals surface area contributed by atoms with Crippen LogP contribution in [0.3, 0.4) is 0 Å². The molecule has 0 bridgehead atoms. The van der Waals surface area contributed by atoms with E-state index in [-0.39, 0.29) is 17.9 Å². The third-order valence-corrected chi connectivity index (χ3v) is 6.37. The van der Waals surface area contributed by atoms with Gasteiger partial charge in [0.25, 0.3) is 0 Å². The zero-order valence-electron chi connectivity index (χ0n) is 17.1. The molecule has 0 radical (unpaired) electrons. The molecule has 1 fully saturated rings. The highest BCUT2D eigenvalue weighted by molar-refractivity contribution is 5.73. The molecule has 1 amide bonds. The first-order chi connectivity index (χ1) is 12.9. The zero-order chi connectivity index (χ0) is 19.8. The third kappa shape index (κ3) is 7.08. The molecular formula is C23H39NO3. The normalized spacial score (nSPS) is 29.7. The van der Waals surface area contributed by atoms with Crippen LogP contribution in [0.15, 0.2) is 23.8 Å². The Hall–Kier alpha value is -1.13. The maximum atomic E-state index is 10.8. The summed E-state index contributed by atoms with van der Waals surface area (Å²) in [5, 5.41) is 20.8. The van der Waals surface area contributed by atoms with Gasteiger partial charge in [0.2, 0.25) is 5.91 Å². The maximum Gasteiger partial charge on any atom is 0.217 e. The van der Waals surface area contributed by atoms with Crippen LogP contribution in [0.2, 0.25) is 0 Å². The molecule has 2 rings (SSSR count).